The molecule has 1 aliphatic rings. The summed E-state index contributed by atoms with van der Waals surface area (Å²) in [5.41, 5.74) is 3.64. The Bertz CT molecular complexity index is 564. The van der Waals surface area contributed by atoms with Gasteiger partial charge in [-0.05, 0) is 73.7 Å². The van der Waals surface area contributed by atoms with Gasteiger partial charge in [0.05, 0.1) is 0 Å². The Kier molecular flexibility index (Phi) is 16.2. The van der Waals surface area contributed by atoms with Crippen molar-refractivity contribution in [2.75, 3.05) is 0 Å². The van der Waals surface area contributed by atoms with E-state index in [1.165, 1.54) is 50.5 Å². The van der Waals surface area contributed by atoms with Crippen LogP contribution in [0.3, 0.4) is 0 Å². The molecule has 168 valence electrons. The first-order valence-corrected chi connectivity index (χ1v) is 12.8. The van der Waals surface area contributed by atoms with Gasteiger partial charge in [0.2, 0.25) is 0 Å². The molecule has 0 heterocycles. The standard InChI is InChI=1S/C22H34FNS.2C2H6/c1-5-9-20(6-2)25-24-17(4)21-14-16(3)19(15-22(21)23)13-12-18-10-7-8-11-18;2*1-2/h14-15,18,20,24H,4-13H2,1-3H3;2*1-2H3. The second-order valence-electron chi connectivity index (χ2n) is 7.47. The Balaban J connectivity index is 0.00000184. The SMILES string of the molecule is C=C(NSC(CC)CCC)c1cc(C)c(CCC2CCCC2)cc1F.CC.CC. The third-order valence-electron chi connectivity index (χ3n) is 5.46. The number of nitrogens with one attached hydrogen (secondary N) is 1. The quantitative estimate of drug-likeness (QED) is 0.376. The van der Waals surface area contributed by atoms with E-state index in [-0.39, 0.29) is 5.82 Å². The zero-order valence-corrected chi connectivity index (χ0v) is 21.0. The molecule has 0 bridgehead atoms. The van der Waals surface area contributed by atoms with Gasteiger partial charge in [-0.3, -0.25) is 0 Å². The lowest BCUT2D eigenvalue weighted by Gasteiger charge is -2.18. The van der Waals surface area contributed by atoms with E-state index in [1.807, 2.05) is 33.8 Å². The Hall–Kier alpha value is -0.960. The van der Waals surface area contributed by atoms with Crippen molar-refractivity contribution < 1.29 is 4.39 Å². The summed E-state index contributed by atoms with van der Waals surface area (Å²) in [6, 6.07) is 3.70. The lowest BCUT2D eigenvalue weighted by molar-refractivity contribution is 0.502. The monoisotopic (exact) mass is 423 g/mol. The average Bonchev–Trinajstić information content (AvgIpc) is 3.27. The molecule has 29 heavy (non-hydrogen) atoms. The average molecular weight is 424 g/mol. The second kappa shape index (κ2) is 16.8. The highest BCUT2D eigenvalue weighted by molar-refractivity contribution is 7.98. The molecule has 0 saturated heterocycles. The minimum Gasteiger partial charge on any atom is -0.329 e. The summed E-state index contributed by atoms with van der Waals surface area (Å²) in [6.07, 6.45) is 11.1. The first kappa shape index (κ1) is 28.0. The van der Waals surface area contributed by atoms with Gasteiger partial charge < -0.3 is 4.72 Å². The number of hydrogen-bond donors (Lipinski definition) is 1. The van der Waals surface area contributed by atoms with Crippen molar-refractivity contribution in [3.63, 3.8) is 0 Å². The molecule has 0 radical (unpaired) electrons. The molecule has 2 rings (SSSR count). The van der Waals surface area contributed by atoms with Gasteiger partial charge in [0.15, 0.2) is 0 Å². The van der Waals surface area contributed by atoms with Gasteiger partial charge in [0, 0.05) is 16.5 Å². The Morgan fingerprint density at radius 1 is 1.17 bits per heavy atom. The third-order valence-corrected chi connectivity index (χ3v) is 6.73. The maximum atomic E-state index is 14.6. The van der Waals surface area contributed by atoms with Crippen LogP contribution in [0.4, 0.5) is 4.39 Å². The molecule has 1 unspecified atom stereocenters. The molecule has 1 saturated carbocycles. The van der Waals surface area contributed by atoms with Crippen LogP contribution in [0.15, 0.2) is 18.7 Å². The fourth-order valence-corrected chi connectivity index (χ4v) is 4.70. The number of benzene rings is 1. The summed E-state index contributed by atoms with van der Waals surface area (Å²) in [5, 5.41) is 0.552. The van der Waals surface area contributed by atoms with Crippen molar-refractivity contribution in [2.24, 2.45) is 5.92 Å². The van der Waals surface area contributed by atoms with Crippen LogP contribution >= 0.6 is 11.9 Å². The smallest absolute Gasteiger partial charge is 0.132 e. The molecule has 1 N–H and O–H groups in total. The highest BCUT2D eigenvalue weighted by atomic mass is 32.2. The minimum atomic E-state index is -0.145. The number of aryl methyl sites for hydroxylation is 2. The molecule has 0 aromatic heterocycles. The molecule has 1 nitrogen and oxygen atoms in total. The van der Waals surface area contributed by atoms with Crippen molar-refractivity contribution in [1.29, 1.82) is 0 Å². The van der Waals surface area contributed by atoms with E-state index in [9.17, 15) is 4.39 Å². The van der Waals surface area contributed by atoms with Crippen LogP contribution in [-0.4, -0.2) is 5.25 Å². The van der Waals surface area contributed by atoms with E-state index in [1.54, 1.807) is 18.0 Å². The van der Waals surface area contributed by atoms with Gasteiger partial charge in [-0.2, -0.15) is 0 Å². The topological polar surface area (TPSA) is 12.0 Å². The highest BCUT2D eigenvalue weighted by Gasteiger charge is 2.17. The van der Waals surface area contributed by atoms with Crippen LogP contribution < -0.4 is 4.72 Å². The molecule has 3 heteroatoms. The fourth-order valence-electron chi connectivity index (χ4n) is 3.76. The summed E-state index contributed by atoms with van der Waals surface area (Å²) in [4.78, 5) is 0. The summed E-state index contributed by atoms with van der Waals surface area (Å²) in [7, 11) is 0. The number of halogens is 1. The Morgan fingerprint density at radius 2 is 1.79 bits per heavy atom. The zero-order valence-electron chi connectivity index (χ0n) is 20.2. The number of rotatable bonds is 10. The molecule has 1 fully saturated rings. The van der Waals surface area contributed by atoms with Gasteiger partial charge in [-0.1, -0.05) is 80.2 Å². The fraction of sp³-hybridized carbons (Fsp3) is 0.692. The molecule has 1 atom stereocenters. The van der Waals surface area contributed by atoms with Crippen LogP contribution in [0.2, 0.25) is 0 Å². The molecule has 1 aromatic rings. The van der Waals surface area contributed by atoms with E-state index in [4.69, 9.17) is 0 Å². The third kappa shape index (κ3) is 10.1. The molecule has 0 aliphatic heterocycles. The van der Waals surface area contributed by atoms with Crippen LogP contribution in [0, 0.1) is 18.7 Å². The molecule has 0 spiro atoms. The molecule has 1 aliphatic carbocycles. The van der Waals surface area contributed by atoms with E-state index >= 15 is 0 Å². The maximum Gasteiger partial charge on any atom is 0.132 e. The van der Waals surface area contributed by atoms with E-state index < -0.39 is 0 Å². The zero-order chi connectivity index (χ0) is 22.2. The summed E-state index contributed by atoms with van der Waals surface area (Å²) < 4.78 is 17.9. The van der Waals surface area contributed by atoms with Crippen molar-refractivity contribution in [3.8, 4) is 0 Å². The first-order valence-electron chi connectivity index (χ1n) is 11.9. The van der Waals surface area contributed by atoms with Crippen molar-refractivity contribution in [3.05, 3.63) is 41.2 Å². The Morgan fingerprint density at radius 3 is 2.34 bits per heavy atom. The van der Waals surface area contributed by atoms with Gasteiger partial charge >= 0.3 is 0 Å². The molecule has 0 amide bonds. The van der Waals surface area contributed by atoms with Crippen LogP contribution in [0.5, 0.6) is 0 Å². The van der Waals surface area contributed by atoms with Crippen LogP contribution in [0.1, 0.15) is 110 Å². The lowest BCUT2D eigenvalue weighted by Crippen LogP contribution is -2.11. The van der Waals surface area contributed by atoms with Gasteiger partial charge in [-0.25, -0.2) is 4.39 Å². The predicted octanol–water partition coefficient (Wildman–Crippen LogP) is 9.10. The first-order chi connectivity index (χ1) is 14.0. The lowest BCUT2D eigenvalue weighted by atomic mass is 9.94. The van der Waals surface area contributed by atoms with E-state index in [0.717, 1.165) is 24.3 Å². The minimum absolute atomic E-state index is 0.145. The van der Waals surface area contributed by atoms with Crippen LogP contribution in [-0.2, 0) is 6.42 Å². The van der Waals surface area contributed by atoms with Gasteiger partial charge in [0.1, 0.15) is 5.82 Å². The number of hydrogen-bond acceptors (Lipinski definition) is 2. The predicted molar refractivity (Wildman–Crippen MR) is 133 cm³/mol. The van der Waals surface area contributed by atoms with Gasteiger partial charge in [0.25, 0.3) is 0 Å². The Labute approximate surface area is 185 Å². The largest absolute Gasteiger partial charge is 0.329 e. The van der Waals surface area contributed by atoms with Crippen molar-refractivity contribution in [1.82, 2.24) is 4.72 Å². The summed E-state index contributed by atoms with van der Waals surface area (Å²) in [6.45, 7) is 18.6. The second-order valence-corrected chi connectivity index (χ2v) is 8.57. The van der Waals surface area contributed by atoms with Gasteiger partial charge in [-0.15, -0.1) is 0 Å². The van der Waals surface area contributed by atoms with Crippen molar-refractivity contribution >= 4 is 17.6 Å². The van der Waals surface area contributed by atoms with E-state index in [2.05, 4.69) is 32.1 Å². The van der Waals surface area contributed by atoms with Crippen molar-refractivity contribution in [2.45, 2.75) is 112 Å². The van der Waals surface area contributed by atoms with Crippen LogP contribution in [0.25, 0.3) is 5.70 Å². The maximum absolute atomic E-state index is 14.6. The molecule has 1 aromatic carbocycles. The summed E-state index contributed by atoms with van der Waals surface area (Å²) in [5.74, 6) is 0.702. The highest BCUT2D eigenvalue weighted by Crippen LogP contribution is 2.30. The normalized spacial score (nSPS) is 14.3. The summed E-state index contributed by atoms with van der Waals surface area (Å²) >= 11 is 1.68. The molecular weight excluding hydrogens is 377 g/mol. The molecular formula is C26H46FNS. The van der Waals surface area contributed by atoms with E-state index in [0.29, 0.717) is 16.5 Å².